The minimum Gasteiger partial charge on any atom is -0.292 e. The summed E-state index contributed by atoms with van der Waals surface area (Å²) in [5.74, 6) is 0. The molecule has 1 atom stereocenters. The summed E-state index contributed by atoms with van der Waals surface area (Å²) in [6.07, 6.45) is 11.5. The third-order valence-corrected chi connectivity index (χ3v) is 5.07. The van der Waals surface area contributed by atoms with Crippen molar-refractivity contribution < 1.29 is 0 Å². The second kappa shape index (κ2) is 7.62. The molecule has 0 spiro atoms. The molecule has 0 N–H and O–H groups in total. The Labute approximate surface area is 149 Å². The maximum Gasteiger partial charge on any atom is 0.0662 e. The van der Waals surface area contributed by atoms with E-state index in [-0.39, 0.29) is 0 Å². The summed E-state index contributed by atoms with van der Waals surface area (Å²) in [6, 6.07) is 15.5. The molecular weight excluding hydrogens is 308 g/mol. The van der Waals surface area contributed by atoms with Crippen LogP contribution in [0.25, 0.3) is 0 Å². The molecule has 1 aliphatic heterocycles. The lowest BCUT2D eigenvalue weighted by molar-refractivity contribution is 0.140. The molecule has 25 heavy (non-hydrogen) atoms. The van der Waals surface area contributed by atoms with Crippen LogP contribution in [0.15, 0.2) is 67.3 Å². The fourth-order valence-electron chi connectivity index (χ4n) is 3.78. The Bertz CT molecular complexity index is 783. The van der Waals surface area contributed by atoms with E-state index in [0.717, 1.165) is 19.6 Å². The second-order valence-electron chi connectivity index (χ2n) is 6.74. The van der Waals surface area contributed by atoms with Crippen LogP contribution in [0, 0.1) is 0 Å². The highest BCUT2D eigenvalue weighted by atomic mass is 15.3. The predicted octanol–water partition coefficient (Wildman–Crippen LogP) is 4.05. The molecule has 4 rings (SSSR count). The minimum atomic E-state index is 0.472. The third kappa shape index (κ3) is 3.80. The molecule has 0 radical (unpaired) electrons. The van der Waals surface area contributed by atoms with Gasteiger partial charge in [-0.3, -0.25) is 14.6 Å². The molecule has 0 bridgehead atoms. The van der Waals surface area contributed by atoms with Gasteiger partial charge >= 0.3 is 0 Å². The van der Waals surface area contributed by atoms with Crippen LogP contribution < -0.4 is 0 Å². The number of nitrogens with zero attached hydrogens (tertiary/aromatic N) is 4. The van der Waals surface area contributed by atoms with E-state index in [9.17, 15) is 0 Å². The van der Waals surface area contributed by atoms with Crippen LogP contribution >= 0.6 is 0 Å². The third-order valence-electron chi connectivity index (χ3n) is 5.07. The molecule has 1 aromatic carbocycles. The van der Waals surface area contributed by atoms with Gasteiger partial charge in [-0.05, 0) is 48.2 Å². The van der Waals surface area contributed by atoms with Crippen molar-refractivity contribution in [3.63, 3.8) is 0 Å². The summed E-state index contributed by atoms with van der Waals surface area (Å²) in [4.78, 5) is 6.94. The van der Waals surface area contributed by atoms with Crippen LogP contribution in [-0.2, 0) is 13.1 Å². The molecule has 0 aliphatic carbocycles. The summed E-state index contributed by atoms with van der Waals surface area (Å²) >= 11 is 0. The number of benzene rings is 1. The lowest BCUT2D eigenvalue weighted by Crippen LogP contribution is -2.33. The van der Waals surface area contributed by atoms with Gasteiger partial charge in [-0.1, -0.05) is 36.8 Å². The highest BCUT2D eigenvalue weighted by Gasteiger charge is 2.24. The van der Waals surface area contributed by atoms with Crippen molar-refractivity contribution in [3.8, 4) is 0 Å². The Hall–Kier alpha value is -2.46. The molecule has 4 nitrogen and oxygen atoms in total. The van der Waals surface area contributed by atoms with Crippen LogP contribution in [-0.4, -0.2) is 26.2 Å². The zero-order valence-electron chi connectivity index (χ0n) is 14.5. The molecule has 4 heteroatoms. The van der Waals surface area contributed by atoms with Gasteiger partial charge in [0.05, 0.1) is 6.54 Å². The van der Waals surface area contributed by atoms with Gasteiger partial charge in [0.15, 0.2) is 0 Å². The highest BCUT2D eigenvalue weighted by molar-refractivity contribution is 5.28. The van der Waals surface area contributed by atoms with Crippen molar-refractivity contribution in [3.05, 3.63) is 83.9 Å². The molecule has 1 saturated heterocycles. The van der Waals surface area contributed by atoms with Crippen LogP contribution in [0.3, 0.4) is 0 Å². The fourth-order valence-corrected chi connectivity index (χ4v) is 3.78. The zero-order valence-corrected chi connectivity index (χ0v) is 14.5. The van der Waals surface area contributed by atoms with E-state index >= 15 is 0 Å². The molecule has 2 aromatic heterocycles. The van der Waals surface area contributed by atoms with Gasteiger partial charge in [-0.15, -0.1) is 0 Å². The molecule has 1 aliphatic rings. The lowest BCUT2D eigenvalue weighted by atomic mass is 9.95. The summed E-state index contributed by atoms with van der Waals surface area (Å²) in [6.45, 7) is 2.96. The Balaban J connectivity index is 1.56. The number of aromatic nitrogens is 3. The van der Waals surface area contributed by atoms with Crippen LogP contribution in [0.5, 0.6) is 0 Å². The monoisotopic (exact) mass is 332 g/mol. The number of rotatable bonds is 5. The number of hydrogen-bond donors (Lipinski definition) is 0. The molecule has 0 unspecified atom stereocenters. The van der Waals surface area contributed by atoms with Crippen molar-refractivity contribution in [1.29, 1.82) is 0 Å². The maximum absolute atomic E-state index is 4.36. The van der Waals surface area contributed by atoms with Crippen LogP contribution in [0.1, 0.15) is 42.0 Å². The summed E-state index contributed by atoms with van der Waals surface area (Å²) in [5.41, 5.74) is 4.09. The van der Waals surface area contributed by atoms with E-state index in [4.69, 9.17) is 0 Å². The van der Waals surface area contributed by atoms with E-state index in [1.54, 1.807) is 0 Å². The number of likely N-dealkylation sites (tertiary alicyclic amines) is 1. The molecule has 128 valence electrons. The van der Waals surface area contributed by atoms with Crippen molar-refractivity contribution in [1.82, 2.24) is 19.7 Å². The van der Waals surface area contributed by atoms with E-state index in [1.165, 1.54) is 36.0 Å². The smallest absolute Gasteiger partial charge is 0.0662 e. The fraction of sp³-hybridized carbons (Fsp3) is 0.333. The Morgan fingerprint density at radius 2 is 1.80 bits per heavy atom. The quantitative estimate of drug-likeness (QED) is 0.707. The minimum absolute atomic E-state index is 0.472. The predicted molar refractivity (Wildman–Crippen MR) is 99.0 cm³/mol. The van der Waals surface area contributed by atoms with Gasteiger partial charge in [0.1, 0.15) is 0 Å². The van der Waals surface area contributed by atoms with Crippen molar-refractivity contribution in [2.45, 2.75) is 38.4 Å². The van der Waals surface area contributed by atoms with Crippen LogP contribution in [0.4, 0.5) is 0 Å². The first-order valence-electron chi connectivity index (χ1n) is 9.08. The number of piperidine rings is 1. The van der Waals surface area contributed by atoms with E-state index in [2.05, 4.69) is 45.3 Å². The second-order valence-corrected chi connectivity index (χ2v) is 6.74. The largest absolute Gasteiger partial charge is 0.292 e. The van der Waals surface area contributed by atoms with Crippen molar-refractivity contribution in [2.75, 3.05) is 6.54 Å². The average Bonchev–Trinajstić information content (AvgIpc) is 3.18. The highest BCUT2D eigenvalue weighted by Crippen LogP contribution is 2.32. The van der Waals surface area contributed by atoms with Gasteiger partial charge in [0.25, 0.3) is 0 Å². The van der Waals surface area contributed by atoms with E-state index in [0.29, 0.717) is 6.04 Å². The van der Waals surface area contributed by atoms with Gasteiger partial charge in [0, 0.05) is 37.4 Å². The SMILES string of the molecule is c1cncc([C@@H]2CCCCN2Cc2ccccc2Cn2cccn2)c1. The molecule has 3 aromatic rings. The zero-order chi connectivity index (χ0) is 16.9. The van der Waals surface area contributed by atoms with Gasteiger partial charge in [-0.25, -0.2) is 0 Å². The first kappa shape index (κ1) is 16.0. The molecule has 0 amide bonds. The normalized spacial score (nSPS) is 18.3. The Kier molecular flexibility index (Phi) is 4.89. The Morgan fingerprint density at radius 3 is 2.56 bits per heavy atom. The number of hydrogen-bond acceptors (Lipinski definition) is 3. The molecule has 1 fully saturated rings. The lowest BCUT2D eigenvalue weighted by Gasteiger charge is -2.36. The topological polar surface area (TPSA) is 34.0 Å². The molecule has 0 saturated carbocycles. The summed E-state index contributed by atoms with van der Waals surface area (Å²) in [7, 11) is 0. The number of pyridine rings is 1. The summed E-state index contributed by atoms with van der Waals surface area (Å²) < 4.78 is 1.99. The van der Waals surface area contributed by atoms with E-state index < -0.39 is 0 Å². The van der Waals surface area contributed by atoms with Gasteiger partial charge in [0.2, 0.25) is 0 Å². The first-order valence-corrected chi connectivity index (χ1v) is 9.08. The average molecular weight is 332 g/mol. The molecular formula is C21H24N4. The summed E-state index contributed by atoms with van der Waals surface area (Å²) in [5, 5.41) is 4.36. The first-order chi connectivity index (χ1) is 12.4. The molecule has 3 heterocycles. The van der Waals surface area contributed by atoms with E-state index in [1.807, 2.05) is 41.6 Å². The standard InChI is InChI=1S/C21H24N4/c1-2-8-20(17-25-14-6-12-23-25)19(7-1)16-24-13-4-3-10-21(24)18-9-5-11-22-15-18/h1-2,5-9,11-12,14-15,21H,3-4,10,13,16-17H2/t21-/m0/s1. The Morgan fingerprint density at radius 1 is 0.920 bits per heavy atom. The van der Waals surface area contributed by atoms with Crippen molar-refractivity contribution in [2.24, 2.45) is 0 Å². The van der Waals surface area contributed by atoms with Crippen LogP contribution in [0.2, 0.25) is 0 Å². The van der Waals surface area contributed by atoms with Gasteiger partial charge in [-0.2, -0.15) is 5.10 Å². The van der Waals surface area contributed by atoms with Crippen molar-refractivity contribution >= 4 is 0 Å². The van der Waals surface area contributed by atoms with Gasteiger partial charge < -0.3 is 0 Å². The maximum atomic E-state index is 4.36.